The lowest BCUT2D eigenvalue weighted by Crippen LogP contribution is -2.43. The maximum absolute atomic E-state index is 11.4. The van der Waals surface area contributed by atoms with E-state index in [0.29, 0.717) is 5.95 Å². The number of fused-ring (bicyclic) bond motifs is 1. The van der Waals surface area contributed by atoms with Crippen molar-refractivity contribution in [2.75, 3.05) is 41.7 Å². The van der Waals surface area contributed by atoms with Crippen LogP contribution in [-0.4, -0.2) is 47.0 Å². The molecule has 4 aromatic rings. The summed E-state index contributed by atoms with van der Waals surface area (Å²) in [6, 6.07) is 17.8. The molecule has 0 bridgehead atoms. The smallest absolute Gasteiger partial charge is 0.227 e. The highest BCUT2D eigenvalue weighted by atomic mass is 16.1. The van der Waals surface area contributed by atoms with Gasteiger partial charge in [-0.2, -0.15) is 0 Å². The van der Waals surface area contributed by atoms with Crippen molar-refractivity contribution in [3.8, 4) is 11.3 Å². The molecule has 0 saturated carbocycles. The number of nitrogens with zero attached hydrogens (tertiary/aromatic N) is 4. The predicted octanol–water partition coefficient (Wildman–Crippen LogP) is 3.80. The van der Waals surface area contributed by atoms with Crippen LogP contribution in [0.15, 0.2) is 67.0 Å². The summed E-state index contributed by atoms with van der Waals surface area (Å²) in [5, 5.41) is 10.4. The molecule has 1 amide bonds. The van der Waals surface area contributed by atoms with Crippen LogP contribution < -0.4 is 20.9 Å². The van der Waals surface area contributed by atoms with Gasteiger partial charge in [0.05, 0.1) is 5.69 Å². The van der Waals surface area contributed by atoms with Crippen LogP contribution in [0.5, 0.6) is 0 Å². The summed E-state index contributed by atoms with van der Waals surface area (Å²) in [5.74, 6) is 0.388. The minimum Gasteiger partial charge on any atom is -0.369 e. The van der Waals surface area contributed by atoms with Crippen LogP contribution >= 0.6 is 0 Å². The van der Waals surface area contributed by atoms with Gasteiger partial charge in [-0.05, 0) is 42.5 Å². The molecule has 0 radical (unpaired) electrons. The van der Waals surface area contributed by atoms with Crippen molar-refractivity contribution in [1.29, 1.82) is 0 Å². The monoisotopic (exact) mass is 439 g/mol. The van der Waals surface area contributed by atoms with E-state index in [1.165, 1.54) is 12.6 Å². The molecule has 1 aliphatic rings. The Bertz CT molecular complexity index is 1280. The summed E-state index contributed by atoms with van der Waals surface area (Å²) in [6.45, 7) is 5.54. The van der Waals surface area contributed by atoms with Gasteiger partial charge >= 0.3 is 0 Å². The zero-order valence-corrected chi connectivity index (χ0v) is 18.4. The molecule has 0 aliphatic carbocycles. The quantitative estimate of drug-likeness (QED) is 0.435. The van der Waals surface area contributed by atoms with E-state index in [1.807, 2.05) is 42.5 Å². The van der Waals surface area contributed by atoms with Crippen LogP contribution in [0.1, 0.15) is 6.92 Å². The van der Waals surface area contributed by atoms with Crippen LogP contribution in [0, 0.1) is 0 Å². The number of amides is 1. The van der Waals surface area contributed by atoms with Crippen molar-refractivity contribution in [1.82, 2.24) is 20.3 Å². The molecule has 0 spiro atoms. The molecule has 3 heterocycles. The van der Waals surface area contributed by atoms with E-state index in [9.17, 15) is 4.79 Å². The zero-order chi connectivity index (χ0) is 22.6. The maximum atomic E-state index is 11.4. The number of aromatic nitrogens is 3. The number of carbonyl (C=O) groups excluding carboxylic acids is 1. The van der Waals surface area contributed by atoms with Crippen LogP contribution in [-0.2, 0) is 4.79 Å². The minimum atomic E-state index is -0.116. The van der Waals surface area contributed by atoms with Gasteiger partial charge in [-0.3, -0.25) is 9.78 Å². The molecule has 5 rings (SSSR count). The maximum Gasteiger partial charge on any atom is 0.227 e. The molecule has 0 atom stereocenters. The Hall–Kier alpha value is -4.04. The molecule has 1 fully saturated rings. The van der Waals surface area contributed by atoms with E-state index >= 15 is 0 Å². The topological polar surface area (TPSA) is 95.1 Å². The van der Waals surface area contributed by atoms with E-state index < -0.39 is 0 Å². The van der Waals surface area contributed by atoms with Gasteiger partial charge in [0.15, 0.2) is 0 Å². The third kappa shape index (κ3) is 4.75. The van der Waals surface area contributed by atoms with Crippen molar-refractivity contribution in [2.24, 2.45) is 0 Å². The average Bonchev–Trinajstić information content (AvgIpc) is 2.84. The van der Waals surface area contributed by atoms with Crippen molar-refractivity contribution < 1.29 is 4.79 Å². The Morgan fingerprint density at radius 3 is 2.61 bits per heavy atom. The molecule has 8 heteroatoms. The molecule has 166 valence electrons. The highest BCUT2D eigenvalue weighted by molar-refractivity contribution is 5.94. The first-order valence-electron chi connectivity index (χ1n) is 11.0. The molecule has 33 heavy (non-hydrogen) atoms. The number of rotatable bonds is 5. The zero-order valence-electron chi connectivity index (χ0n) is 18.4. The molecule has 2 aromatic carbocycles. The van der Waals surface area contributed by atoms with Gasteiger partial charge in [0, 0.05) is 73.5 Å². The number of hydrogen-bond donors (Lipinski definition) is 3. The number of hydrogen-bond acceptors (Lipinski definition) is 7. The van der Waals surface area contributed by atoms with E-state index in [0.717, 1.165) is 59.7 Å². The molecule has 0 unspecified atom stereocenters. The first kappa shape index (κ1) is 20.8. The van der Waals surface area contributed by atoms with E-state index in [2.05, 4.69) is 43.0 Å². The molecule has 8 nitrogen and oxygen atoms in total. The van der Waals surface area contributed by atoms with Gasteiger partial charge in [-0.1, -0.05) is 12.1 Å². The van der Waals surface area contributed by atoms with Crippen LogP contribution in [0.2, 0.25) is 0 Å². The second-order valence-corrected chi connectivity index (χ2v) is 7.96. The lowest BCUT2D eigenvalue weighted by atomic mass is 10.1. The van der Waals surface area contributed by atoms with E-state index in [-0.39, 0.29) is 5.91 Å². The molecular weight excluding hydrogens is 414 g/mol. The number of anilines is 4. The van der Waals surface area contributed by atoms with Crippen LogP contribution in [0.3, 0.4) is 0 Å². The first-order valence-corrected chi connectivity index (χ1v) is 11.0. The molecule has 1 saturated heterocycles. The van der Waals surface area contributed by atoms with Crippen molar-refractivity contribution in [3.63, 3.8) is 0 Å². The van der Waals surface area contributed by atoms with Gasteiger partial charge in [-0.25, -0.2) is 9.97 Å². The lowest BCUT2D eigenvalue weighted by Gasteiger charge is -2.29. The Morgan fingerprint density at radius 2 is 1.82 bits per heavy atom. The normalized spacial score (nSPS) is 13.7. The van der Waals surface area contributed by atoms with Gasteiger partial charge in [-0.15, -0.1) is 0 Å². The summed E-state index contributed by atoms with van der Waals surface area (Å²) < 4.78 is 0. The number of pyridine rings is 1. The minimum absolute atomic E-state index is 0.116. The van der Waals surface area contributed by atoms with Crippen LogP contribution in [0.25, 0.3) is 22.2 Å². The number of carbonyl (C=O) groups is 1. The SMILES string of the molecule is CC(=O)Nc1cccc(-c2nccc3cnc(Nc4ccc(N5CCNCC5)cc4)nc23)c1. The van der Waals surface area contributed by atoms with Gasteiger partial charge < -0.3 is 20.9 Å². The number of piperazine rings is 1. The van der Waals surface area contributed by atoms with Crippen molar-refractivity contribution in [3.05, 3.63) is 67.0 Å². The predicted molar refractivity (Wildman–Crippen MR) is 132 cm³/mol. The Morgan fingerprint density at radius 1 is 1.00 bits per heavy atom. The highest BCUT2D eigenvalue weighted by Crippen LogP contribution is 2.28. The van der Waals surface area contributed by atoms with Gasteiger partial charge in [0.1, 0.15) is 5.52 Å². The second kappa shape index (κ2) is 9.22. The third-order valence-corrected chi connectivity index (χ3v) is 5.56. The molecular formula is C25H25N7O. The Balaban J connectivity index is 1.42. The van der Waals surface area contributed by atoms with Gasteiger partial charge in [0.25, 0.3) is 0 Å². The second-order valence-electron chi connectivity index (χ2n) is 7.96. The average molecular weight is 440 g/mol. The fourth-order valence-electron chi connectivity index (χ4n) is 3.98. The molecule has 1 aliphatic heterocycles. The Kier molecular flexibility index (Phi) is 5.82. The lowest BCUT2D eigenvalue weighted by molar-refractivity contribution is -0.114. The molecule has 2 aromatic heterocycles. The standard InChI is InChI=1S/C25H25N7O/c1-17(33)29-21-4-2-3-18(15-21)23-24-19(9-10-27-23)16-28-25(31-24)30-20-5-7-22(8-6-20)32-13-11-26-12-14-32/h2-10,15-16,26H,11-14H2,1H3,(H,29,33)(H,28,30,31). The summed E-state index contributed by atoms with van der Waals surface area (Å²) in [6.07, 6.45) is 3.54. The van der Waals surface area contributed by atoms with E-state index in [4.69, 9.17) is 4.98 Å². The fraction of sp³-hybridized carbons (Fsp3) is 0.200. The van der Waals surface area contributed by atoms with Crippen LogP contribution in [0.4, 0.5) is 23.0 Å². The Labute approximate surface area is 192 Å². The van der Waals surface area contributed by atoms with Crippen molar-refractivity contribution in [2.45, 2.75) is 6.92 Å². The highest BCUT2D eigenvalue weighted by Gasteiger charge is 2.12. The van der Waals surface area contributed by atoms with Crippen molar-refractivity contribution >= 4 is 39.8 Å². The summed E-state index contributed by atoms with van der Waals surface area (Å²) >= 11 is 0. The fourth-order valence-corrected chi connectivity index (χ4v) is 3.98. The first-order chi connectivity index (χ1) is 16.2. The van der Waals surface area contributed by atoms with Gasteiger partial charge in [0.2, 0.25) is 11.9 Å². The third-order valence-electron chi connectivity index (χ3n) is 5.56. The summed E-state index contributed by atoms with van der Waals surface area (Å²) in [5.41, 5.74) is 5.21. The van der Waals surface area contributed by atoms with E-state index in [1.54, 1.807) is 12.4 Å². The summed E-state index contributed by atoms with van der Waals surface area (Å²) in [7, 11) is 0. The largest absolute Gasteiger partial charge is 0.369 e. The summed E-state index contributed by atoms with van der Waals surface area (Å²) in [4.78, 5) is 27.6. The number of nitrogens with one attached hydrogen (secondary N) is 3. The number of benzene rings is 2. The molecule has 3 N–H and O–H groups in total.